The lowest BCUT2D eigenvalue weighted by atomic mass is 10.1. The van der Waals surface area contributed by atoms with Crippen molar-refractivity contribution >= 4 is 40.5 Å². The van der Waals surface area contributed by atoms with Crippen molar-refractivity contribution in [3.8, 4) is 0 Å². The van der Waals surface area contributed by atoms with Crippen molar-refractivity contribution in [3.05, 3.63) is 76.1 Å². The van der Waals surface area contributed by atoms with E-state index >= 15 is 0 Å². The number of nitro groups is 1. The highest BCUT2D eigenvalue weighted by Crippen LogP contribution is 2.33. The van der Waals surface area contributed by atoms with Gasteiger partial charge in [-0.1, -0.05) is 12.1 Å². The molecule has 2 aromatic carbocycles. The van der Waals surface area contributed by atoms with E-state index in [1.165, 1.54) is 6.92 Å². The van der Waals surface area contributed by atoms with Crippen LogP contribution in [0, 0.1) is 10.1 Å². The number of rotatable bonds is 8. The molecule has 10 nitrogen and oxygen atoms in total. The first-order valence-electron chi connectivity index (χ1n) is 9.31. The van der Waals surface area contributed by atoms with Gasteiger partial charge in [0.1, 0.15) is 6.33 Å². The summed E-state index contributed by atoms with van der Waals surface area (Å²) < 4.78 is 5.03. The van der Waals surface area contributed by atoms with Crippen molar-refractivity contribution in [1.82, 2.24) is 9.97 Å². The van der Waals surface area contributed by atoms with Crippen LogP contribution in [0.3, 0.4) is 0 Å². The highest BCUT2D eigenvalue weighted by molar-refractivity contribution is 5.97. The van der Waals surface area contributed by atoms with Crippen molar-refractivity contribution < 1.29 is 19.2 Å². The van der Waals surface area contributed by atoms with E-state index in [4.69, 9.17) is 4.74 Å². The lowest BCUT2D eigenvalue weighted by Crippen LogP contribution is -2.10. The third-order valence-electron chi connectivity index (χ3n) is 4.23. The summed E-state index contributed by atoms with van der Waals surface area (Å²) in [6.07, 6.45) is 1.16. The van der Waals surface area contributed by atoms with Gasteiger partial charge < -0.3 is 15.4 Å². The fourth-order valence-electron chi connectivity index (χ4n) is 2.77. The van der Waals surface area contributed by atoms with Crippen LogP contribution < -0.4 is 10.6 Å². The molecule has 0 saturated carbocycles. The van der Waals surface area contributed by atoms with Gasteiger partial charge in [0, 0.05) is 11.3 Å². The molecule has 0 spiro atoms. The predicted molar refractivity (Wildman–Crippen MR) is 114 cm³/mol. The molecule has 0 radical (unpaired) electrons. The zero-order chi connectivity index (χ0) is 22.4. The zero-order valence-corrected chi connectivity index (χ0v) is 16.8. The molecule has 3 aromatic rings. The minimum absolute atomic E-state index is 0.0494. The molecule has 0 fully saturated rings. The molecular formula is C21H19N5O5. The Hall–Kier alpha value is -4.34. The fourth-order valence-corrected chi connectivity index (χ4v) is 2.77. The Balaban J connectivity index is 1.95. The second-order valence-electron chi connectivity index (χ2n) is 6.33. The van der Waals surface area contributed by atoms with Crippen LogP contribution in [0.15, 0.2) is 54.9 Å². The topological polar surface area (TPSA) is 136 Å². The second kappa shape index (κ2) is 9.44. The van der Waals surface area contributed by atoms with E-state index in [0.717, 1.165) is 6.33 Å². The number of nitrogens with one attached hydrogen (secondary N) is 2. The number of benzene rings is 2. The standard InChI is InChI=1S/C21H19N5O5/c1-3-31-21(28)16-6-4-5-7-17(16)25-20-18(26(29)30)19(22-12-23-20)24-15-10-8-14(9-11-15)13(2)27/h4-12H,3H2,1-2H3,(H2,22,23,24,25). The Morgan fingerprint density at radius 2 is 1.68 bits per heavy atom. The molecule has 1 heterocycles. The normalized spacial score (nSPS) is 10.3. The van der Waals surface area contributed by atoms with Crippen LogP contribution in [0.2, 0.25) is 0 Å². The minimum atomic E-state index is -0.623. The molecule has 0 aliphatic carbocycles. The van der Waals surface area contributed by atoms with Crippen LogP contribution in [0.25, 0.3) is 0 Å². The molecule has 31 heavy (non-hydrogen) atoms. The molecule has 0 aliphatic heterocycles. The quantitative estimate of drug-likeness (QED) is 0.237. The van der Waals surface area contributed by atoms with Gasteiger partial charge in [-0.05, 0) is 50.2 Å². The Bertz CT molecular complexity index is 1130. The van der Waals surface area contributed by atoms with Gasteiger partial charge in [-0.3, -0.25) is 14.9 Å². The van der Waals surface area contributed by atoms with Gasteiger partial charge in [-0.15, -0.1) is 0 Å². The molecule has 2 N–H and O–H groups in total. The summed E-state index contributed by atoms with van der Waals surface area (Å²) in [5.74, 6) is -0.802. The van der Waals surface area contributed by atoms with Gasteiger partial charge in [0.2, 0.25) is 11.6 Å². The summed E-state index contributed by atoms with van der Waals surface area (Å²) in [6, 6.07) is 12.9. The van der Waals surface area contributed by atoms with Crippen LogP contribution in [0.5, 0.6) is 0 Å². The molecule has 0 aliphatic rings. The van der Waals surface area contributed by atoms with E-state index in [1.807, 2.05) is 0 Å². The number of Topliss-reactive ketones (excluding diaryl/α,β-unsaturated/α-hetero) is 1. The number of carbonyl (C=O) groups excluding carboxylic acids is 2. The summed E-state index contributed by atoms with van der Waals surface area (Å²) in [5.41, 5.74) is 1.13. The van der Waals surface area contributed by atoms with Gasteiger partial charge in [0.25, 0.3) is 0 Å². The number of hydrogen-bond acceptors (Lipinski definition) is 9. The number of para-hydroxylation sites is 1. The third kappa shape index (κ3) is 4.99. The zero-order valence-electron chi connectivity index (χ0n) is 16.8. The molecule has 158 valence electrons. The molecular weight excluding hydrogens is 402 g/mol. The number of carbonyl (C=O) groups is 2. The maximum atomic E-state index is 12.2. The van der Waals surface area contributed by atoms with E-state index in [9.17, 15) is 19.7 Å². The monoisotopic (exact) mass is 421 g/mol. The molecule has 0 unspecified atom stereocenters. The Morgan fingerprint density at radius 1 is 1.03 bits per heavy atom. The van der Waals surface area contributed by atoms with Crippen LogP contribution >= 0.6 is 0 Å². The van der Waals surface area contributed by atoms with E-state index in [0.29, 0.717) is 16.9 Å². The fraction of sp³-hybridized carbons (Fsp3) is 0.143. The summed E-state index contributed by atoms with van der Waals surface area (Å²) in [5, 5.41) is 17.5. The van der Waals surface area contributed by atoms with Crippen molar-refractivity contribution in [2.45, 2.75) is 13.8 Å². The Labute approximate surface area is 177 Å². The van der Waals surface area contributed by atoms with Crippen LogP contribution in [0.4, 0.5) is 28.7 Å². The number of esters is 1. The van der Waals surface area contributed by atoms with Crippen LogP contribution in [0.1, 0.15) is 34.6 Å². The predicted octanol–water partition coefficient (Wildman–Crippen LogP) is 4.25. The maximum absolute atomic E-state index is 12.2. The highest BCUT2D eigenvalue weighted by Gasteiger charge is 2.24. The maximum Gasteiger partial charge on any atom is 0.353 e. The first kappa shape index (κ1) is 21.4. The first-order chi connectivity index (χ1) is 14.9. The van der Waals surface area contributed by atoms with Gasteiger partial charge in [0.05, 0.1) is 22.8 Å². The third-order valence-corrected chi connectivity index (χ3v) is 4.23. The first-order valence-corrected chi connectivity index (χ1v) is 9.31. The smallest absolute Gasteiger partial charge is 0.353 e. The Kier molecular flexibility index (Phi) is 6.51. The number of ketones is 1. The van der Waals surface area contributed by atoms with E-state index in [2.05, 4.69) is 20.6 Å². The second-order valence-corrected chi connectivity index (χ2v) is 6.33. The molecule has 10 heteroatoms. The summed E-state index contributed by atoms with van der Waals surface area (Å²) in [4.78, 5) is 42.7. The van der Waals surface area contributed by atoms with Crippen LogP contribution in [-0.2, 0) is 4.74 Å². The number of aromatic nitrogens is 2. The molecule has 0 saturated heterocycles. The van der Waals surface area contributed by atoms with E-state index in [-0.39, 0.29) is 29.6 Å². The molecule has 0 bridgehead atoms. The van der Waals surface area contributed by atoms with Crippen molar-refractivity contribution in [3.63, 3.8) is 0 Å². The number of anilines is 4. The summed E-state index contributed by atoms with van der Waals surface area (Å²) in [6.45, 7) is 3.32. The number of nitrogens with zero attached hydrogens (tertiary/aromatic N) is 3. The largest absolute Gasteiger partial charge is 0.462 e. The van der Waals surface area contributed by atoms with Gasteiger partial charge in [-0.2, -0.15) is 0 Å². The van der Waals surface area contributed by atoms with Gasteiger partial charge >= 0.3 is 11.7 Å². The summed E-state index contributed by atoms with van der Waals surface area (Å²) in [7, 11) is 0. The average Bonchev–Trinajstić information content (AvgIpc) is 2.74. The minimum Gasteiger partial charge on any atom is -0.462 e. The highest BCUT2D eigenvalue weighted by atomic mass is 16.6. The number of ether oxygens (including phenoxy) is 1. The SMILES string of the molecule is CCOC(=O)c1ccccc1Nc1ncnc(Nc2ccc(C(C)=O)cc2)c1[N+](=O)[O-]. The van der Waals surface area contributed by atoms with Crippen LogP contribution in [-0.4, -0.2) is 33.3 Å². The van der Waals surface area contributed by atoms with Crippen molar-refractivity contribution in [1.29, 1.82) is 0 Å². The summed E-state index contributed by atoms with van der Waals surface area (Å²) >= 11 is 0. The van der Waals surface area contributed by atoms with Crippen molar-refractivity contribution in [2.24, 2.45) is 0 Å². The lowest BCUT2D eigenvalue weighted by Gasteiger charge is -2.12. The Morgan fingerprint density at radius 3 is 2.29 bits per heavy atom. The molecule has 3 rings (SSSR count). The van der Waals surface area contributed by atoms with E-state index in [1.54, 1.807) is 55.5 Å². The molecule has 0 amide bonds. The van der Waals surface area contributed by atoms with Gasteiger partial charge in [0.15, 0.2) is 5.78 Å². The van der Waals surface area contributed by atoms with E-state index < -0.39 is 16.6 Å². The van der Waals surface area contributed by atoms with Gasteiger partial charge in [-0.25, -0.2) is 14.8 Å². The average molecular weight is 421 g/mol. The van der Waals surface area contributed by atoms with Crippen molar-refractivity contribution in [2.75, 3.05) is 17.2 Å². The molecule has 1 aromatic heterocycles. The lowest BCUT2D eigenvalue weighted by molar-refractivity contribution is -0.383. The number of hydrogen-bond donors (Lipinski definition) is 2. The molecule has 0 atom stereocenters.